The molecule has 0 radical (unpaired) electrons. The van der Waals surface area contributed by atoms with E-state index < -0.39 is 35.0 Å². The van der Waals surface area contributed by atoms with Crippen molar-refractivity contribution in [2.24, 2.45) is 5.92 Å². The molecule has 2 aliphatic carbocycles. The van der Waals surface area contributed by atoms with Gasteiger partial charge in [0.2, 0.25) is 5.91 Å². The number of piperidine rings is 1. The number of benzene rings is 1. The van der Waals surface area contributed by atoms with E-state index in [1.54, 1.807) is 6.20 Å². The highest BCUT2D eigenvalue weighted by Crippen LogP contribution is 2.45. The Balaban J connectivity index is 1.19. The third-order valence-corrected chi connectivity index (χ3v) is 8.55. The number of likely N-dealkylation sites (tertiary alicyclic amines) is 1. The van der Waals surface area contributed by atoms with Gasteiger partial charge in [0.05, 0.1) is 28.9 Å². The minimum Gasteiger partial charge on any atom is -0.432 e. The van der Waals surface area contributed by atoms with Gasteiger partial charge in [0.1, 0.15) is 11.6 Å². The first-order valence-corrected chi connectivity index (χ1v) is 14.1. The van der Waals surface area contributed by atoms with Crippen molar-refractivity contribution in [3.8, 4) is 11.3 Å². The van der Waals surface area contributed by atoms with Crippen molar-refractivity contribution in [2.75, 3.05) is 13.1 Å². The summed E-state index contributed by atoms with van der Waals surface area (Å²) in [6.45, 7) is 1.33. The zero-order chi connectivity index (χ0) is 27.7. The number of oxazole rings is 1. The van der Waals surface area contributed by atoms with Gasteiger partial charge in [-0.1, -0.05) is 25.3 Å². The Morgan fingerprint density at radius 2 is 1.85 bits per heavy atom. The normalized spacial score (nSPS) is 22.9. The van der Waals surface area contributed by atoms with Gasteiger partial charge in [-0.3, -0.25) is 19.5 Å². The van der Waals surface area contributed by atoms with E-state index in [1.165, 1.54) is 31.5 Å². The molecule has 3 aliphatic rings. The standard InChI is InChI=1S/C30H33F2N5O3/c31-19-9-10-21(23(32)16-19)25-17-34-29(40-25)28(39)35-24-11-15-37(20-6-2-1-3-7-20)18-22(24)27(38)36-30(12-13-30)26-8-4-5-14-33-26/h4-5,8-10,14,16-17,20,22,24H,1-3,6-7,11-13,15,18H2,(H,35,39)(H,36,38)/t22-,24-/m0/s1. The summed E-state index contributed by atoms with van der Waals surface area (Å²) in [5, 5.41) is 6.24. The maximum Gasteiger partial charge on any atom is 0.307 e. The number of carbonyl (C=O) groups excluding carboxylic acids is 2. The van der Waals surface area contributed by atoms with Crippen LogP contribution in [0.2, 0.25) is 0 Å². The van der Waals surface area contributed by atoms with Crippen molar-refractivity contribution in [3.63, 3.8) is 0 Å². The second-order valence-electron chi connectivity index (χ2n) is 11.2. The van der Waals surface area contributed by atoms with Gasteiger partial charge >= 0.3 is 5.91 Å². The molecule has 6 rings (SSSR count). The molecule has 1 saturated heterocycles. The average Bonchev–Trinajstić information content (AvgIpc) is 3.59. The van der Waals surface area contributed by atoms with Crippen LogP contribution in [-0.2, 0) is 10.3 Å². The summed E-state index contributed by atoms with van der Waals surface area (Å²) in [5.74, 6) is -2.88. The number of nitrogens with one attached hydrogen (secondary N) is 2. The van der Waals surface area contributed by atoms with E-state index >= 15 is 0 Å². The molecule has 1 aromatic carbocycles. The third-order valence-electron chi connectivity index (χ3n) is 8.55. The highest BCUT2D eigenvalue weighted by molar-refractivity contribution is 5.91. The summed E-state index contributed by atoms with van der Waals surface area (Å²) < 4.78 is 33.1. The van der Waals surface area contributed by atoms with Crippen LogP contribution in [0.15, 0.2) is 53.2 Å². The molecule has 0 spiro atoms. The minimum atomic E-state index is -0.808. The molecule has 210 valence electrons. The third kappa shape index (κ3) is 5.50. The smallest absolute Gasteiger partial charge is 0.307 e. The Labute approximate surface area is 231 Å². The van der Waals surface area contributed by atoms with Crippen LogP contribution in [0.3, 0.4) is 0 Å². The van der Waals surface area contributed by atoms with Crippen molar-refractivity contribution >= 4 is 11.8 Å². The summed E-state index contributed by atoms with van der Waals surface area (Å²) in [7, 11) is 0. The highest BCUT2D eigenvalue weighted by Gasteiger charge is 2.49. The number of hydrogen-bond donors (Lipinski definition) is 2. The van der Waals surface area contributed by atoms with Crippen LogP contribution in [0.1, 0.15) is 67.7 Å². The van der Waals surface area contributed by atoms with E-state index in [1.807, 2.05) is 18.2 Å². The SMILES string of the molecule is O=C(N[C@H]1CCN(C2CCCCC2)C[C@@H]1C(=O)NC1(c2ccccn2)CC1)c1ncc(-c2ccc(F)cc2F)o1. The first-order valence-electron chi connectivity index (χ1n) is 14.1. The van der Waals surface area contributed by atoms with Gasteiger partial charge in [-0.15, -0.1) is 0 Å². The number of nitrogens with zero attached hydrogens (tertiary/aromatic N) is 3. The number of halogens is 2. The predicted octanol–water partition coefficient (Wildman–Crippen LogP) is 4.57. The van der Waals surface area contributed by atoms with E-state index in [-0.39, 0.29) is 23.1 Å². The summed E-state index contributed by atoms with van der Waals surface area (Å²) in [6, 6.07) is 8.84. The molecule has 0 bridgehead atoms. The molecule has 2 atom stereocenters. The quantitative estimate of drug-likeness (QED) is 0.448. The lowest BCUT2D eigenvalue weighted by atomic mass is 9.86. The number of rotatable bonds is 7. The molecule has 2 N–H and O–H groups in total. The maximum atomic E-state index is 14.2. The van der Waals surface area contributed by atoms with Gasteiger partial charge in [0.25, 0.3) is 5.89 Å². The van der Waals surface area contributed by atoms with Crippen molar-refractivity contribution in [3.05, 3.63) is 72.0 Å². The average molecular weight is 550 g/mol. The fourth-order valence-electron chi connectivity index (χ4n) is 6.16. The Kier molecular flexibility index (Phi) is 7.35. The van der Waals surface area contributed by atoms with E-state index in [0.29, 0.717) is 19.0 Å². The highest BCUT2D eigenvalue weighted by atomic mass is 19.1. The summed E-state index contributed by atoms with van der Waals surface area (Å²) in [5.41, 5.74) is 0.399. The van der Waals surface area contributed by atoms with Crippen LogP contribution >= 0.6 is 0 Å². The maximum absolute atomic E-state index is 14.2. The van der Waals surface area contributed by atoms with Crippen LogP contribution < -0.4 is 10.6 Å². The van der Waals surface area contributed by atoms with Crippen LogP contribution in [-0.4, -0.2) is 51.9 Å². The molecule has 2 aromatic heterocycles. The molecular weight excluding hydrogens is 516 g/mol. The predicted molar refractivity (Wildman–Crippen MR) is 143 cm³/mol. The summed E-state index contributed by atoms with van der Waals surface area (Å²) in [6.07, 6.45) is 11.1. The molecule has 3 aromatic rings. The second-order valence-corrected chi connectivity index (χ2v) is 11.2. The van der Waals surface area contributed by atoms with E-state index in [9.17, 15) is 18.4 Å². The molecule has 1 aliphatic heterocycles. The Hall–Kier alpha value is -3.66. The van der Waals surface area contributed by atoms with Crippen LogP contribution in [0.5, 0.6) is 0 Å². The van der Waals surface area contributed by atoms with Gasteiger partial charge in [-0.2, -0.15) is 0 Å². The molecule has 3 heterocycles. The summed E-state index contributed by atoms with van der Waals surface area (Å²) in [4.78, 5) is 37.9. The number of hydrogen-bond acceptors (Lipinski definition) is 6. The largest absolute Gasteiger partial charge is 0.432 e. The van der Waals surface area contributed by atoms with Crippen molar-refractivity contribution in [1.29, 1.82) is 0 Å². The molecular formula is C30H33F2N5O3. The van der Waals surface area contributed by atoms with Crippen LogP contribution in [0.4, 0.5) is 8.78 Å². The summed E-state index contributed by atoms with van der Waals surface area (Å²) >= 11 is 0. The zero-order valence-corrected chi connectivity index (χ0v) is 22.2. The molecule has 10 heteroatoms. The second kappa shape index (κ2) is 11.1. The van der Waals surface area contributed by atoms with Crippen LogP contribution in [0.25, 0.3) is 11.3 Å². The van der Waals surface area contributed by atoms with E-state index in [4.69, 9.17) is 4.42 Å². The minimum absolute atomic E-state index is 0.00949. The molecule has 0 unspecified atom stereocenters. The van der Waals surface area contributed by atoms with Crippen molar-refractivity contribution < 1.29 is 22.8 Å². The van der Waals surface area contributed by atoms with Crippen molar-refractivity contribution in [2.45, 2.75) is 69.0 Å². The first-order chi connectivity index (χ1) is 19.4. The topological polar surface area (TPSA) is 100 Å². The van der Waals surface area contributed by atoms with Crippen molar-refractivity contribution in [1.82, 2.24) is 25.5 Å². The Morgan fingerprint density at radius 3 is 2.58 bits per heavy atom. The first kappa shape index (κ1) is 26.6. The van der Waals surface area contributed by atoms with E-state index in [0.717, 1.165) is 50.1 Å². The fourth-order valence-corrected chi connectivity index (χ4v) is 6.16. The van der Waals surface area contributed by atoms with Gasteiger partial charge in [0.15, 0.2) is 5.76 Å². The lowest BCUT2D eigenvalue weighted by Crippen LogP contribution is -2.58. The van der Waals surface area contributed by atoms with Crippen LogP contribution in [0, 0.1) is 17.6 Å². The molecule has 40 heavy (non-hydrogen) atoms. The molecule has 8 nitrogen and oxygen atoms in total. The number of carbonyl (C=O) groups is 2. The Morgan fingerprint density at radius 1 is 1.02 bits per heavy atom. The lowest BCUT2D eigenvalue weighted by Gasteiger charge is -2.43. The van der Waals surface area contributed by atoms with Gasteiger partial charge in [-0.25, -0.2) is 13.8 Å². The van der Waals surface area contributed by atoms with Gasteiger partial charge in [-0.05, 0) is 56.4 Å². The fraction of sp³-hybridized carbons (Fsp3) is 0.467. The van der Waals surface area contributed by atoms with E-state index in [2.05, 4.69) is 25.5 Å². The molecule has 2 saturated carbocycles. The number of amides is 2. The monoisotopic (exact) mass is 549 g/mol. The number of aromatic nitrogens is 2. The number of pyridine rings is 1. The van der Waals surface area contributed by atoms with Gasteiger partial charge in [0, 0.05) is 37.4 Å². The van der Waals surface area contributed by atoms with Gasteiger partial charge < -0.3 is 15.1 Å². The molecule has 2 amide bonds. The Bertz CT molecular complexity index is 1370. The molecule has 3 fully saturated rings. The lowest BCUT2D eigenvalue weighted by molar-refractivity contribution is -0.129. The zero-order valence-electron chi connectivity index (χ0n) is 22.2.